The van der Waals surface area contributed by atoms with Crippen LogP contribution in [-0.4, -0.2) is 64.7 Å². The number of anilines is 1. The molecule has 3 N–H and O–H groups in total. The lowest BCUT2D eigenvalue weighted by atomic mass is 9.87. The van der Waals surface area contributed by atoms with E-state index < -0.39 is 11.6 Å². The number of carbonyl (C=O) groups excluding carboxylic acids is 3. The minimum atomic E-state index is -0.877. The molecule has 10 heteroatoms. The van der Waals surface area contributed by atoms with E-state index in [-0.39, 0.29) is 24.9 Å². The van der Waals surface area contributed by atoms with Crippen LogP contribution >= 0.6 is 11.6 Å². The van der Waals surface area contributed by atoms with Gasteiger partial charge in [0.2, 0.25) is 5.91 Å². The van der Waals surface area contributed by atoms with E-state index in [4.69, 9.17) is 11.6 Å². The first-order chi connectivity index (χ1) is 13.4. The number of nitrogens with zero attached hydrogens (tertiary/aromatic N) is 3. The number of nitrogens with one attached hydrogen (secondary N) is 3. The Balaban J connectivity index is 1.47. The number of amides is 4. The van der Waals surface area contributed by atoms with Gasteiger partial charge in [0.25, 0.3) is 5.91 Å². The second-order valence-corrected chi connectivity index (χ2v) is 7.63. The zero-order valence-electron chi connectivity index (χ0n) is 15.4. The number of H-pyrrole nitrogens is 1. The van der Waals surface area contributed by atoms with Crippen molar-refractivity contribution in [1.29, 1.82) is 0 Å². The fourth-order valence-corrected chi connectivity index (χ4v) is 4.16. The number of hydrogen-bond donors (Lipinski definition) is 3. The molecule has 2 fully saturated rings. The minimum absolute atomic E-state index is 0.166. The normalized spacial score (nSPS) is 18.8. The van der Waals surface area contributed by atoms with Crippen LogP contribution in [0.25, 0.3) is 10.9 Å². The summed E-state index contributed by atoms with van der Waals surface area (Å²) in [4.78, 5) is 39.6. The van der Waals surface area contributed by atoms with Crippen molar-refractivity contribution in [2.24, 2.45) is 0 Å². The Hall–Kier alpha value is -2.81. The molecule has 2 saturated heterocycles. The van der Waals surface area contributed by atoms with Crippen molar-refractivity contribution >= 4 is 46.0 Å². The van der Waals surface area contributed by atoms with Gasteiger partial charge in [-0.05, 0) is 25.0 Å². The topological polar surface area (TPSA) is 110 Å². The Morgan fingerprint density at radius 2 is 2.07 bits per heavy atom. The molecule has 4 amide bonds. The molecule has 0 saturated carbocycles. The number of aromatic amines is 1. The van der Waals surface area contributed by atoms with Crippen LogP contribution in [0.5, 0.6) is 0 Å². The number of rotatable bonds is 4. The number of aromatic nitrogens is 2. The Morgan fingerprint density at radius 1 is 1.32 bits per heavy atom. The van der Waals surface area contributed by atoms with Crippen molar-refractivity contribution in [2.75, 3.05) is 31.1 Å². The van der Waals surface area contributed by atoms with Crippen molar-refractivity contribution in [1.82, 2.24) is 25.7 Å². The third-order valence-corrected chi connectivity index (χ3v) is 5.63. The molecule has 1 aromatic carbocycles. The third kappa shape index (κ3) is 3.15. The Bertz CT molecular complexity index is 950. The minimum Gasteiger partial charge on any atom is -0.371 e. The molecule has 0 aliphatic carbocycles. The fourth-order valence-electron chi connectivity index (χ4n) is 3.95. The van der Waals surface area contributed by atoms with E-state index in [1.54, 1.807) is 6.20 Å². The maximum Gasteiger partial charge on any atom is 0.325 e. The van der Waals surface area contributed by atoms with Crippen LogP contribution in [0.1, 0.15) is 19.8 Å². The van der Waals surface area contributed by atoms with Crippen LogP contribution in [0.3, 0.4) is 0 Å². The summed E-state index contributed by atoms with van der Waals surface area (Å²) in [5.41, 5.74) is 0.945. The molecule has 2 aromatic rings. The van der Waals surface area contributed by atoms with E-state index in [1.165, 1.54) is 11.8 Å². The van der Waals surface area contributed by atoms with Gasteiger partial charge in [0.15, 0.2) is 0 Å². The molecule has 9 nitrogen and oxygen atoms in total. The van der Waals surface area contributed by atoms with Crippen molar-refractivity contribution in [3.05, 3.63) is 23.4 Å². The maximum absolute atomic E-state index is 12.9. The Labute approximate surface area is 166 Å². The summed E-state index contributed by atoms with van der Waals surface area (Å²) < 4.78 is 0. The summed E-state index contributed by atoms with van der Waals surface area (Å²) in [5.74, 6) is -0.413. The molecular formula is C18H21ClN6O3. The summed E-state index contributed by atoms with van der Waals surface area (Å²) in [6.45, 7) is 3.02. The predicted octanol–water partition coefficient (Wildman–Crippen LogP) is 1.24. The maximum atomic E-state index is 12.9. The first-order valence-corrected chi connectivity index (χ1v) is 9.53. The molecule has 2 aliphatic heterocycles. The summed E-state index contributed by atoms with van der Waals surface area (Å²) in [6, 6.07) is 3.32. The van der Waals surface area contributed by atoms with E-state index in [0.29, 0.717) is 31.0 Å². The van der Waals surface area contributed by atoms with Crippen LogP contribution in [0.15, 0.2) is 18.3 Å². The van der Waals surface area contributed by atoms with Crippen molar-refractivity contribution in [2.45, 2.75) is 25.3 Å². The second kappa shape index (κ2) is 6.97. The molecule has 0 atom stereocenters. The lowest BCUT2D eigenvalue weighted by Gasteiger charge is -2.38. The van der Waals surface area contributed by atoms with Crippen LogP contribution in [-0.2, 0) is 9.59 Å². The van der Waals surface area contributed by atoms with Crippen molar-refractivity contribution < 1.29 is 14.4 Å². The highest BCUT2D eigenvalue weighted by atomic mass is 35.5. The van der Waals surface area contributed by atoms with Gasteiger partial charge in [-0.25, -0.2) is 4.79 Å². The van der Waals surface area contributed by atoms with Gasteiger partial charge in [-0.3, -0.25) is 19.6 Å². The van der Waals surface area contributed by atoms with Crippen LogP contribution in [0.2, 0.25) is 5.02 Å². The highest BCUT2D eigenvalue weighted by molar-refractivity contribution is 6.31. The van der Waals surface area contributed by atoms with E-state index in [1.807, 2.05) is 12.1 Å². The smallest absolute Gasteiger partial charge is 0.325 e. The lowest BCUT2D eigenvalue weighted by molar-refractivity contribution is -0.132. The average molecular weight is 405 g/mol. The van der Waals surface area contributed by atoms with Crippen LogP contribution in [0, 0.1) is 0 Å². The zero-order valence-corrected chi connectivity index (χ0v) is 16.2. The third-order valence-electron chi connectivity index (χ3n) is 5.41. The van der Waals surface area contributed by atoms with Crippen LogP contribution < -0.4 is 15.5 Å². The van der Waals surface area contributed by atoms with Crippen molar-refractivity contribution in [3.8, 4) is 0 Å². The summed E-state index contributed by atoms with van der Waals surface area (Å²) in [7, 11) is 0. The average Bonchev–Trinajstić information content (AvgIpc) is 3.20. The fraction of sp³-hybridized carbons (Fsp3) is 0.444. The number of carbonyl (C=O) groups is 3. The first kappa shape index (κ1) is 18.5. The zero-order chi connectivity index (χ0) is 19.9. The number of hydrogen-bond acceptors (Lipinski definition) is 5. The SMILES string of the molecule is CC(=O)NCCN1C(=O)NC2(CCN(c3cc(Cl)cc4[nH]ncc34)CC2)C1=O. The molecule has 1 aromatic heterocycles. The molecule has 4 rings (SSSR count). The van der Waals surface area contributed by atoms with E-state index in [2.05, 4.69) is 25.7 Å². The number of halogens is 1. The number of fused-ring (bicyclic) bond motifs is 1. The number of piperidine rings is 1. The molecule has 0 unspecified atom stereocenters. The number of urea groups is 1. The number of benzene rings is 1. The highest BCUT2D eigenvalue weighted by Gasteiger charge is 2.52. The molecule has 2 aliphatic rings. The van der Waals surface area contributed by atoms with Gasteiger partial charge >= 0.3 is 6.03 Å². The summed E-state index contributed by atoms with van der Waals surface area (Å²) in [5, 5.41) is 14.1. The Morgan fingerprint density at radius 3 is 2.79 bits per heavy atom. The highest BCUT2D eigenvalue weighted by Crippen LogP contribution is 2.35. The molecule has 3 heterocycles. The van der Waals surface area contributed by atoms with Gasteiger partial charge in [0, 0.05) is 49.2 Å². The van der Waals surface area contributed by atoms with Gasteiger partial charge in [-0.2, -0.15) is 5.10 Å². The second-order valence-electron chi connectivity index (χ2n) is 7.20. The monoisotopic (exact) mass is 404 g/mol. The summed E-state index contributed by atoms with van der Waals surface area (Å²) >= 11 is 6.23. The quantitative estimate of drug-likeness (QED) is 0.664. The molecule has 1 spiro atoms. The standard InChI is InChI=1S/C18H21ClN6O3/c1-11(26)20-4-7-25-16(27)18(22-17(25)28)2-5-24(6-3-18)15-9-12(19)8-14-13(15)10-21-23-14/h8-10H,2-7H2,1H3,(H,20,26)(H,21,23)(H,22,28). The Kier molecular flexibility index (Phi) is 4.62. The number of imide groups is 1. The van der Waals surface area contributed by atoms with Gasteiger partial charge in [-0.15, -0.1) is 0 Å². The summed E-state index contributed by atoms with van der Waals surface area (Å²) in [6.07, 6.45) is 2.76. The van der Waals surface area contributed by atoms with Gasteiger partial charge in [-0.1, -0.05) is 11.6 Å². The van der Waals surface area contributed by atoms with Gasteiger partial charge < -0.3 is 15.5 Å². The van der Waals surface area contributed by atoms with Gasteiger partial charge in [0.05, 0.1) is 11.7 Å². The van der Waals surface area contributed by atoms with Gasteiger partial charge in [0.1, 0.15) is 5.54 Å². The largest absolute Gasteiger partial charge is 0.371 e. The predicted molar refractivity (Wildman–Crippen MR) is 104 cm³/mol. The van der Waals surface area contributed by atoms with E-state index >= 15 is 0 Å². The van der Waals surface area contributed by atoms with E-state index in [0.717, 1.165) is 16.6 Å². The molecule has 0 bridgehead atoms. The van der Waals surface area contributed by atoms with Crippen LogP contribution in [0.4, 0.5) is 10.5 Å². The van der Waals surface area contributed by atoms with E-state index in [9.17, 15) is 14.4 Å². The molecular weight excluding hydrogens is 384 g/mol. The molecule has 148 valence electrons. The first-order valence-electron chi connectivity index (χ1n) is 9.16. The van der Waals surface area contributed by atoms with Crippen molar-refractivity contribution in [3.63, 3.8) is 0 Å². The molecule has 0 radical (unpaired) electrons. The lowest BCUT2D eigenvalue weighted by Crippen LogP contribution is -2.55. The molecule has 28 heavy (non-hydrogen) atoms.